The number of aromatic nitrogens is 1. The Bertz CT molecular complexity index is 553. The number of alkyl carbamates (subject to hydrolysis) is 1. The lowest BCUT2D eigenvalue weighted by atomic mass is 10.1. The van der Waals surface area contributed by atoms with Gasteiger partial charge in [0.1, 0.15) is 6.10 Å². The maximum Gasteiger partial charge on any atom is 0.407 e. The molecule has 16 heavy (non-hydrogen) atoms. The third-order valence-electron chi connectivity index (χ3n) is 2.68. The topological polar surface area (TPSA) is 51.2 Å². The monoisotopic (exact) mass is 214 g/mol. The van der Waals surface area contributed by atoms with Crippen LogP contribution in [0.3, 0.4) is 0 Å². The number of nitrogens with one attached hydrogen (secondary N) is 1. The zero-order chi connectivity index (χ0) is 11.0. The smallest absolute Gasteiger partial charge is 0.407 e. The highest BCUT2D eigenvalue weighted by Gasteiger charge is 2.23. The number of rotatable bonds is 1. The number of pyridine rings is 1. The van der Waals surface area contributed by atoms with Gasteiger partial charge in [0.05, 0.1) is 12.1 Å². The Morgan fingerprint density at radius 2 is 2.31 bits per heavy atom. The first-order valence-electron chi connectivity index (χ1n) is 5.12. The van der Waals surface area contributed by atoms with Gasteiger partial charge in [0.15, 0.2) is 0 Å². The minimum absolute atomic E-state index is 0.183. The second-order valence-electron chi connectivity index (χ2n) is 3.73. The summed E-state index contributed by atoms with van der Waals surface area (Å²) in [7, 11) is 0. The van der Waals surface area contributed by atoms with Crippen LogP contribution in [0.15, 0.2) is 36.5 Å². The largest absolute Gasteiger partial charge is 0.439 e. The van der Waals surface area contributed by atoms with Gasteiger partial charge >= 0.3 is 6.09 Å². The highest BCUT2D eigenvalue weighted by molar-refractivity contribution is 5.79. The number of fused-ring (bicyclic) bond motifs is 1. The number of carbonyl (C=O) groups is 1. The van der Waals surface area contributed by atoms with Gasteiger partial charge in [-0.25, -0.2) is 4.79 Å². The molecular formula is C12H10N2O2. The molecule has 1 aromatic heterocycles. The molecule has 4 nitrogen and oxygen atoms in total. The summed E-state index contributed by atoms with van der Waals surface area (Å²) in [5, 5.41) is 3.70. The van der Waals surface area contributed by atoms with Gasteiger partial charge in [-0.3, -0.25) is 4.98 Å². The van der Waals surface area contributed by atoms with Crippen LogP contribution >= 0.6 is 0 Å². The Balaban J connectivity index is 2.02. The van der Waals surface area contributed by atoms with Crippen molar-refractivity contribution in [2.24, 2.45) is 0 Å². The first kappa shape index (κ1) is 9.15. The Kier molecular flexibility index (Phi) is 1.99. The van der Waals surface area contributed by atoms with Crippen molar-refractivity contribution in [3.8, 4) is 0 Å². The second-order valence-corrected chi connectivity index (χ2v) is 3.73. The Labute approximate surface area is 92.2 Å². The van der Waals surface area contributed by atoms with Crippen LogP contribution in [0.2, 0.25) is 0 Å². The minimum atomic E-state index is -0.351. The van der Waals surface area contributed by atoms with E-state index in [-0.39, 0.29) is 12.2 Å². The van der Waals surface area contributed by atoms with E-state index in [1.807, 2.05) is 30.3 Å². The summed E-state index contributed by atoms with van der Waals surface area (Å²) in [5.74, 6) is 0. The van der Waals surface area contributed by atoms with E-state index in [1.54, 1.807) is 6.20 Å². The minimum Gasteiger partial charge on any atom is -0.439 e. The van der Waals surface area contributed by atoms with Gasteiger partial charge < -0.3 is 10.1 Å². The number of amides is 1. The fraction of sp³-hybridized carbons (Fsp3) is 0.167. The van der Waals surface area contributed by atoms with Gasteiger partial charge in [0.25, 0.3) is 0 Å². The lowest BCUT2D eigenvalue weighted by Crippen LogP contribution is -2.12. The van der Waals surface area contributed by atoms with Gasteiger partial charge in [-0.05, 0) is 23.8 Å². The molecule has 1 amide bonds. The van der Waals surface area contributed by atoms with Crippen LogP contribution in [0.1, 0.15) is 11.7 Å². The first-order valence-corrected chi connectivity index (χ1v) is 5.12. The summed E-state index contributed by atoms with van der Waals surface area (Å²) in [6, 6.07) is 9.78. The van der Waals surface area contributed by atoms with Crippen LogP contribution in [0.5, 0.6) is 0 Å². The molecule has 0 bridgehead atoms. The molecule has 1 atom stereocenters. The van der Waals surface area contributed by atoms with Crippen molar-refractivity contribution < 1.29 is 9.53 Å². The SMILES string of the molecule is O=C1NCC(c2ccc3ncccc3c2)O1. The molecule has 1 N–H and O–H groups in total. The number of nitrogens with zero attached hydrogens (tertiary/aromatic N) is 1. The highest BCUT2D eigenvalue weighted by Crippen LogP contribution is 2.23. The fourth-order valence-corrected chi connectivity index (χ4v) is 1.87. The number of ether oxygens (including phenoxy) is 1. The number of hydrogen-bond acceptors (Lipinski definition) is 3. The maximum absolute atomic E-state index is 10.9. The molecule has 2 heterocycles. The summed E-state index contributed by atoms with van der Waals surface area (Å²) < 4.78 is 5.13. The van der Waals surface area contributed by atoms with Crippen LogP contribution in [0.25, 0.3) is 10.9 Å². The van der Waals surface area contributed by atoms with E-state index >= 15 is 0 Å². The van der Waals surface area contributed by atoms with Crippen molar-refractivity contribution in [1.29, 1.82) is 0 Å². The van der Waals surface area contributed by atoms with E-state index in [1.165, 1.54) is 0 Å². The van der Waals surface area contributed by atoms with Crippen molar-refractivity contribution in [1.82, 2.24) is 10.3 Å². The number of hydrogen-bond donors (Lipinski definition) is 1. The van der Waals surface area contributed by atoms with Crippen LogP contribution in [0.4, 0.5) is 4.79 Å². The predicted molar refractivity (Wildman–Crippen MR) is 59.0 cm³/mol. The summed E-state index contributed by atoms with van der Waals surface area (Å²) in [6.07, 6.45) is 1.23. The lowest BCUT2D eigenvalue weighted by Gasteiger charge is -2.08. The van der Waals surface area contributed by atoms with E-state index in [4.69, 9.17) is 4.74 Å². The van der Waals surface area contributed by atoms with E-state index in [0.29, 0.717) is 6.54 Å². The van der Waals surface area contributed by atoms with Crippen molar-refractivity contribution in [3.05, 3.63) is 42.1 Å². The molecule has 2 aromatic rings. The van der Waals surface area contributed by atoms with Crippen molar-refractivity contribution in [2.45, 2.75) is 6.10 Å². The van der Waals surface area contributed by atoms with Crippen LogP contribution in [-0.2, 0) is 4.74 Å². The van der Waals surface area contributed by atoms with E-state index < -0.39 is 0 Å². The third-order valence-corrected chi connectivity index (χ3v) is 2.68. The molecule has 80 valence electrons. The zero-order valence-corrected chi connectivity index (χ0v) is 8.51. The predicted octanol–water partition coefficient (Wildman–Crippen LogP) is 2.02. The van der Waals surface area contributed by atoms with Gasteiger partial charge in [-0.15, -0.1) is 0 Å². The van der Waals surface area contributed by atoms with Crippen molar-refractivity contribution in [3.63, 3.8) is 0 Å². The maximum atomic E-state index is 10.9. The Hall–Kier alpha value is -2.10. The van der Waals surface area contributed by atoms with Gasteiger partial charge in [0.2, 0.25) is 0 Å². The molecule has 1 aliphatic heterocycles. The summed E-state index contributed by atoms with van der Waals surface area (Å²) in [6.45, 7) is 0.532. The van der Waals surface area contributed by atoms with Crippen LogP contribution in [0, 0.1) is 0 Å². The molecule has 1 aromatic carbocycles. The summed E-state index contributed by atoms with van der Waals surface area (Å²) in [4.78, 5) is 15.2. The van der Waals surface area contributed by atoms with Crippen molar-refractivity contribution >= 4 is 17.0 Å². The molecule has 0 aliphatic carbocycles. The van der Waals surface area contributed by atoms with Gasteiger partial charge in [-0.1, -0.05) is 12.1 Å². The quantitative estimate of drug-likeness (QED) is 0.790. The second kappa shape index (κ2) is 3.48. The van der Waals surface area contributed by atoms with Gasteiger partial charge in [0, 0.05) is 11.6 Å². The number of carbonyl (C=O) groups excluding carboxylic acids is 1. The highest BCUT2D eigenvalue weighted by atomic mass is 16.6. The molecule has 0 radical (unpaired) electrons. The normalized spacial score (nSPS) is 19.5. The molecule has 4 heteroatoms. The Morgan fingerprint density at radius 1 is 1.38 bits per heavy atom. The molecule has 0 spiro atoms. The average Bonchev–Trinajstić information content (AvgIpc) is 2.75. The zero-order valence-electron chi connectivity index (χ0n) is 8.51. The molecule has 1 saturated heterocycles. The van der Waals surface area contributed by atoms with E-state index in [0.717, 1.165) is 16.5 Å². The molecule has 0 saturated carbocycles. The lowest BCUT2D eigenvalue weighted by molar-refractivity contribution is 0.141. The standard InChI is InChI=1S/C12H10N2O2/c15-12-14-7-11(16-12)9-3-4-10-8(6-9)2-1-5-13-10/h1-6,11H,7H2,(H,14,15). The molecule has 3 rings (SSSR count). The Morgan fingerprint density at radius 3 is 3.12 bits per heavy atom. The fourth-order valence-electron chi connectivity index (χ4n) is 1.87. The molecule has 1 unspecified atom stereocenters. The third kappa shape index (κ3) is 1.48. The van der Waals surface area contributed by atoms with E-state index in [2.05, 4.69) is 10.3 Å². The molecule has 1 fully saturated rings. The molecule has 1 aliphatic rings. The summed E-state index contributed by atoms with van der Waals surface area (Å²) in [5.41, 5.74) is 1.95. The number of cyclic esters (lactones) is 1. The van der Waals surface area contributed by atoms with Crippen LogP contribution in [-0.4, -0.2) is 17.6 Å². The molecular weight excluding hydrogens is 204 g/mol. The van der Waals surface area contributed by atoms with E-state index in [9.17, 15) is 4.79 Å². The van der Waals surface area contributed by atoms with Crippen molar-refractivity contribution in [2.75, 3.05) is 6.54 Å². The summed E-state index contributed by atoms with van der Waals surface area (Å²) >= 11 is 0. The van der Waals surface area contributed by atoms with Gasteiger partial charge in [-0.2, -0.15) is 0 Å². The number of benzene rings is 1. The van der Waals surface area contributed by atoms with Crippen LogP contribution < -0.4 is 5.32 Å². The average molecular weight is 214 g/mol. The first-order chi connectivity index (χ1) is 7.83.